The van der Waals surface area contributed by atoms with Crippen molar-refractivity contribution in [3.05, 3.63) is 54.1 Å². The summed E-state index contributed by atoms with van der Waals surface area (Å²) in [5, 5.41) is 11.8. The molecule has 0 unspecified atom stereocenters. The van der Waals surface area contributed by atoms with E-state index in [-0.39, 0.29) is 10.9 Å². The fourth-order valence-electron chi connectivity index (χ4n) is 2.07. The number of nitrogens with one attached hydrogen (secondary N) is 2. The van der Waals surface area contributed by atoms with E-state index in [1.807, 2.05) is 31.2 Å². The van der Waals surface area contributed by atoms with Crippen molar-refractivity contribution < 1.29 is 13.2 Å². The highest BCUT2D eigenvalue weighted by molar-refractivity contribution is 7.89. The molecule has 0 aliphatic heterocycles. The van der Waals surface area contributed by atoms with Crippen molar-refractivity contribution in [2.75, 3.05) is 12.4 Å². The Balaban J connectivity index is 1.97. The van der Waals surface area contributed by atoms with Gasteiger partial charge in [-0.25, -0.2) is 13.6 Å². The molecular weight excluding hydrogens is 346 g/mol. The number of sulfonamides is 1. The third-order valence-electron chi connectivity index (χ3n) is 3.40. The van der Waals surface area contributed by atoms with Gasteiger partial charge in [0.25, 0.3) is 0 Å². The summed E-state index contributed by atoms with van der Waals surface area (Å²) in [6.07, 6.45) is 0. The first-order valence-corrected chi connectivity index (χ1v) is 9.09. The minimum atomic E-state index is -3.68. The quantitative estimate of drug-likeness (QED) is 0.705. The molecule has 6 nitrogen and oxygen atoms in total. The number of anilines is 1. The average molecular weight is 365 g/mol. The molecule has 0 aliphatic carbocycles. The van der Waals surface area contributed by atoms with Crippen molar-refractivity contribution in [1.29, 1.82) is 0 Å². The van der Waals surface area contributed by atoms with Gasteiger partial charge in [0.2, 0.25) is 10.0 Å². The Hall–Kier alpha value is -2.16. The molecule has 0 heterocycles. The van der Waals surface area contributed by atoms with Gasteiger partial charge in [-0.15, -0.1) is 0 Å². The number of methoxy groups -OCH3 is 1. The van der Waals surface area contributed by atoms with Gasteiger partial charge in [0, 0.05) is 5.69 Å². The van der Waals surface area contributed by atoms with Gasteiger partial charge < -0.3 is 15.4 Å². The third kappa shape index (κ3) is 4.92. The Morgan fingerprint density at radius 3 is 2.21 bits per heavy atom. The second-order valence-electron chi connectivity index (χ2n) is 5.16. The van der Waals surface area contributed by atoms with Gasteiger partial charge in [-0.3, -0.25) is 0 Å². The van der Waals surface area contributed by atoms with Gasteiger partial charge in [0.15, 0.2) is 5.11 Å². The summed E-state index contributed by atoms with van der Waals surface area (Å²) in [4.78, 5) is 0.0809. The summed E-state index contributed by atoms with van der Waals surface area (Å²) in [5.74, 6) is 0.766. The fourth-order valence-corrected chi connectivity index (χ4v) is 2.88. The maximum Gasteiger partial charge on any atom is 0.238 e. The van der Waals surface area contributed by atoms with Gasteiger partial charge in [0.05, 0.1) is 18.0 Å². The van der Waals surface area contributed by atoms with Crippen LogP contribution in [0.1, 0.15) is 18.5 Å². The van der Waals surface area contributed by atoms with Crippen LogP contribution in [0, 0.1) is 0 Å². The fraction of sp³-hybridized carbons (Fsp3) is 0.188. The monoisotopic (exact) mass is 365 g/mol. The molecule has 128 valence electrons. The molecule has 24 heavy (non-hydrogen) atoms. The highest BCUT2D eigenvalue weighted by atomic mass is 32.2. The first-order chi connectivity index (χ1) is 11.3. The van der Waals surface area contributed by atoms with Gasteiger partial charge in [-0.1, -0.05) is 12.1 Å². The van der Waals surface area contributed by atoms with E-state index in [2.05, 4.69) is 10.6 Å². The van der Waals surface area contributed by atoms with Crippen LogP contribution in [0.3, 0.4) is 0 Å². The standard InChI is InChI=1S/C16H19N3O3S2/c1-11(12-3-9-15(10-4-12)24(17,20)21)18-16(23)19-13-5-7-14(22-2)8-6-13/h3-11H,1-2H3,(H2,17,20,21)(H2,18,19,23)/t11-/m0/s1. The summed E-state index contributed by atoms with van der Waals surface area (Å²) in [6.45, 7) is 1.92. The lowest BCUT2D eigenvalue weighted by molar-refractivity contribution is 0.415. The average Bonchev–Trinajstić information content (AvgIpc) is 2.54. The molecule has 2 aromatic rings. The lowest BCUT2D eigenvalue weighted by Crippen LogP contribution is -2.30. The number of rotatable bonds is 5. The predicted molar refractivity (Wildman–Crippen MR) is 98.6 cm³/mol. The SMILES string of the molecule is COc1ccc(NC(=S)N[C@@H](C)c2ccc(S(N)(=O)=O)cc2)cc1. The molecule has 2 aromatic carbocycles. The molecule has 0 amide bonds. The second-order valence-corrected chi connectivity index (χ2v) is 7.13. The summed E-state index contributed by atoms with van der Waals surface area (Å²) in [6, 6.07) is 13.6. The van der Waals surface area contributed by atoms with E-state index in [9.17, 15) is 8.42 Å². The zero-order valence-corrected chi connectivity index (χ0v) is 14.9. The van der Waals surface area contributed by atoms with Crippen LogP contribution < -0.4 is 20.5 Å². The lowest BCUT2D eigenvalue weighted by atomic mass is 10.1. The minimum absolute atomic E-state index is 0.0809. The minimum Gasteiger partial charge on any atom is -0.497 e. The molecule has 4 N–H and O–H groups in total. The summed E-state index contributed by atoms with van der Waals surface area (Å²) in [7, 11) is -2.07. The smallest absolute Gasteiger partial charge is 0.238 e. The summed E-state index contributed by atoms with van der Waals surface area (Å²) >= 11 is 5.29. The van der Waals surface area contributed by atoms with Crippen LogP contribution in [0.4, 0.5) is 5.69 Å². The third-order valence-corrected chi connectivity index (χ3v) is 4.55. The van der Waals surface area contributed by atoms with Crippen LogP contribution in [-0.4, -0.2) is 20.6 Å². The number of hydrogen-bond acceptors (Lipinski definition) is 4. The van der Waals surface area contributed by atoms with Crippen molar-refractivity contribution in [1.82, 2.24) is 5.32 Å². The molecule has 0 saturated heterocycles. The second kappa shape index (κ2) is 7.61. The Labute approximate surface area is 147 Å². The van der Waals surface area contributed by atoms with Crippen molar-refractivity contribution >= 4 is 33.0 Å². The van der Waals surface area contributed by atoms with Crippen molar-refractivity contribution in [2.45, 2.75) is 17.9 Å². The molecular formula is C16H19N3O3S2. The van der Waals surface area contributed by atoms with E-state index in [0.717, 1.165) is 17.0 Å². The largest absolute Gasteiger partial charge is 0.497 e. The van der Waals surface area contributed by atoms with Crippen LogP contribution in [0.15, 0.2) is 53.4 Å². The van der Waals surface area contributed by atoms with Crippen LogP contribution in [0.2, 0.25) is 0 Å². The number of hydrogen-bond donors (Lipinski definition) is 3. The van der Waals surface area contributed by atoms with Crippen LogP contribution in [0.25, 0.3) is 0 Å². The summed E-state index contributed by atoms with van der Waals surface area (Å²) in [5.41, 5.74) is 1.73. The normalized spacial score (nSPS) is 12.3. The number of nitrogens with two attached hydrogens (primary N) is 1. The van der Waals surface area contributed by atoms with Crippen molar-refractivity contribution in [3.8, 4) is 5.75 Å². The molecule has 0 bridgehead atoms. The zero-order chi connectivity index (χ0) is 17.7. The van der Waals surface area contributed by atoms with Gasteiger partial charge in [0.1, 0.15) is 5.75 Å². The van der Waals surface area contributed by atoms with E-state index in [0.29, 0.717) is 5.11 Å². The number of thiocarbonyl (C=S) groups is 1. The first-order valence-electron chi connectivity index (χ1n) is 7.14. The number of ether oxygens (including phenoxy) is 1. The van der Waals surface area contributed by atoms with E-state index < -0.39 is 10.0 Å². The highest BCUT2D eigenvalue weighted by Gasteiger charge is 2.11. The van der Waals surface area contributed by atoms with Crippen LogP contribution in [0.5, 0.6) is 5.75 Å². The van der Waals surface area contributed by atoms with Crippen molar-refractivity contribution in [3.63, 3.8) is 0 Å². The van der Waals surface area contributed by atoms with Crippen LogP contribution >= 0.6 is 12.2 Å². The zero-order valence-electron chi connectivity index (χ0n) is 13.3. The Morgan fingerprint density at radius 2 is 1.71 bits per heavy atom. The molecule has 0 saturated carbocycles. The molecule has 1 atom stereocenters. The number of primary sulfonamides is 1. The van der Waals surface area contributed by atoms with E-state index >= 15 is 0 Å². The van der Waals surface area contributed by atoms with Crippen molar-refractivity contribution in [2.24, 2.45) is 5.14 Å². The van der Waals surface area contributed by atoms with Crippen LogP contribution in [-0.2, 0) is 10.0 Å². The topological polar surface area (TPSA) is 93.4 Å². The summed E-state index contributed by atoms with van der Waals surface area (Å²) < 4.78 is 27.6. The Bertz CT molecular complexity index is 803. The molecule has 8 heteroatoms. The highest BCUT2D eigenvalue weighted by Crippen LogP contribution is 2.17. The molecule has 0 aliphatic rings. The molecule has 0 spiro atoms. The first kappa shape index (κ1) is 18.2. The molecule has 0 aromatic heterocycles. The maximum absolute atomic E-state index is 11.3. The van der Waals surface area contributed by atoms with Gasteiger partial charge in [-0.05, 0) is 61.1 Å². The lowest BCUT2D eigenvalue weighted by Gasteiger charge is -2.17. The molecule has 2 rings (SSSR count). The molecule has 0 fully saturated rings. The Morgan fingerprint density at radius 1 is 1.12 bits per heavy atom. The van der Waals surface area contributed by atoms with Gasteiger partial charge >= 0.3 is 0 Å². The number of benzene rings is 2. The predicted octanol–water partition coefficient (Wildman–Crippen LogP) is 2.39. The van der Waals surface area contributed by atoms with E-state index in [4.69, 9.17) is 22.1 Å². The van der Waals surface area contributed by atoms with Gasteiger partial charge in [-0.2, -0.15) is 0 Å². The van der Waals surface area contributed by atoms with E-state index in [1.54, 1.807) is 19.2 Å². The van der Waals surface area contributed by atoms with E-state index in [1.165, 1.54) is 12.1 Å². The maximum atomic E-state index is 11.3. The Kier molecular flexibility index (Phi) is 5.76. The molecule has 0 radical (unpaired) electrons.